The molecule has 1 fully saturated rings. The predicted molar refractivity (Wildman–Crippen MR) is 76.0 cm³/mol. The van der Waals surface area contributed by atoms with Gasteiger partial charge in [0.2, 0.25) is 0 Å². The second-order valence-corrected chi connectivity index (χ2v) is 7.40. The second-order valence-electron chi connectivity index (χ2n) is 4.37. The Hall–Kier alpha value is -0.0600. The number of rotatable bonds is 3. The van der Waals surface area contributed by atoms with Crippen molar-refractivity contribution in [2.75, 3.05) is 6.54 Å². The molecule has 1 saturated carbocycles. The van der Waals surface area contributed by atoms with E-state index in [0.29, 0.717) is 12.5 Å². The second kappa shape index (κ2) is 6.21. The van der Waals surface area contributed by atoms with Crippen molar-refractivity contribution in [2.45, 2.75) is 31.1 Å². The van der Waals surface area contributed by atoms with Crippen molar-refractivity contribution in [1.29, 1.82) is 0 Å². The van der Waals surface area contributed by atoms with Crippen molar-refractivity contribution in [1.82, 2.24) is 5.32 Å². The van der Waals surface area contributed by atoms with Crippen LogP contribution in [0.3, 0.4) is 0 Å². The fraction of sp³-hybridized carbons (Fsp3) is 0.583. The van der Waals surface area contributed by atoms with Crippen LogP contribution in [0, 0.1) is 5.92 Å². The van der Waals surface area contributed by atoms with Crippen molar-refractivity contribution in [3.05, 3.63) is 20.8 Å². The van der Waals surface area contributed by atoms with Gasteiger partial charge >= 0.3 is 0 Å². The summed E-state index contributed by atoms with van der Waals surface area (Å²) >= 11 is 11.1. The van der Waals surface area contributed by atoms with Gasteiger partial charge < -0.3 is 5.32 Å². The SMILES string of the molecule is O=C(NCC1CCCCC1Cl)c1ccc(Br)s1. The maximum atomic E-state index is 11.8. The van der Waals surface area contributed by atoms with Crippen LogP contribution in [0.25, 0.3) is 0 Å². The Labute approximate surface area is 119 Å². The highest BCUT2D eigenvalue weighted by Gasteiger charge is 2.23. The van der Waals surface area contributed by atoms with E-state index >= 15 is 0 Å². The van der Waals surface area contributed by atoms with E-state index in [1.54, 1.807) is 0 Å². The molecule has 0 aliphatic heterocycles. The van der Waals surface area contributed by atoms with Gasteiger partial charge in [0.15, 0.2) is 0 Å². The zero-order chi connectivity index (χ0) is 12.3. The normalized spacial score (nSPS) is 24.6. The number of carbonyl (C=O) groups excluding carboxylic acids is 1. The average molecular weight is 337 g/mol. The third-order valence-corrected chi connectivity index (χ3v) is 5.34. The van der Waals surface area contributed by atoms with E-state index in [-0.39, 0.29) is 11.3 Å². The van der Waals surface area contributed by atoms with Crippen LogP contribution < -0.4 is 5.32 Å². The molecule has 0 saturated heterocycles. The number of nitrogens with one attached hydrogen (secondary N) is 1. The van der Waals surface area contributed by atoms with Crippen molar-refractivity contribution < 1.29 is 4.79 Å². The van der Waals surface area contributed by atoms with Gasteiger partial charge in [-0.2, -0.15) is 0 Å². The molecule has 0 radical (unpaired) electrons. The number of alkyl halides is 1. The summed E-state index contributed by atoms with van der Waals surface area (Å²) in [6.45, 7) is 0.697. The maximum absolute atomic E-state index is 11.8. The Morgan fingerprint density at radius 2 is 2.24 bits per heavy atom. The van der Waals surface area contributed by atoms with E-state index in [1.807, 2.05) is 12.1 Å². The number of hydrogen-bond acceptors (Lipinski definition) is 2. The first-order valence-electron chi connectivity index (χ1n) is 5.84. The highest BCUT2D eigenvalue weighted by atomic mass is 79.9. The quantitative estimate of drug-likeness (QED) is 0.829. The summed E-state index contributed by atoms with van der Waals surface area (Å²) in [6.07, 6.45) is 4.65. The van der Waals surface area contributed by atoms with Gasteiger partial charge in [-0.05, 0) is 46.8 Å². The first kappa shape index (κ1) is 13.4. The molecule has 17 heavy (non-hydrogen) atoms. The Morgan fingerprint density at radius 3 is 2.88 bits per heavy atom. The standard InChI is InChI=1S/C12H15BrClNOS/c13-11-6-5-10(17-11)12(16)15-7-8-3-1-2-4-9(8)14/h5-6,8-9H,1-4,7H2,(H,15,16). The largest absolute Gasteiger partial charge is 0.351 e. The van der Waals surface area contributed by atoms with Crippen molar-refractivity contribution >= 4 is 44.8 Å². The van der Waals surface area contributed by atoms with E-state index in [9.17, 15) is 4.79 Å². The summed E-state index contributed by atoms with van der Waals surface area (Å²) in [6, 6.07) is 3.73. The highest BCUT2D eigenvalue weighted by molar-refractivity contribution is 9.11. The van der Waals surface area contributed by atoms with Crippen LogP contribution in [0.5, 0.6) is 0 Å². The van der Waals surface area contributed by atoms with Gasteiger partial charge in [0.25, 0.3) is 5.91 Å². The monoisotopic (exact) mass is 335 g/mol. The Kier molecular flexibility index (Phi) is 4.88. The molecule has 2 unspecified atom stereocenters. The van der Waals surface area contributed by atoms with Crippen molar-refractivity contribution in [2.24, 2.45) is 5.92 Å². The Bertz CT molecular complexity index is 396. The molecule has 1 heterocycles. The summed E-state index contributed by atoms with van der Waals surface area (Å²) in [4.78, 5) is 12.6. The summed E-state index contributed by atoms with van der Waals surface area (Å²) in [5.41, 5.74) is 0. The number of carbonyl (C=O) groups is 1. The zero-order valence-electron chi connectivity index (χ0n) is 9.42. The van der Waals surface area contributed by atoms with Gasteiger partial charge in [-0.1, -0.05) is 12.8 Å². The Morgan fingerprint density at radius 1 is 1.47 bits per heavy atom. The summed E-state index contributed by atoms with van der Waals surface area (Å²) < 4.78 is 0.982. The molecule has 0 aromatic carbocycles. The topological polar surface area (TPSA) is 29.1 Å². The smallest absolute Gasteiger partial charge is 0.261 e. The third-order valence-electron chi connectivity index (χ3n) is 3.14. The molecule has 2 rings (SSSR count). The fourth-order valence-electron chi connectivity index (χ4n) is 2.14. The van der Waals surface area contributed by atoms with Gasteiger partial charge in [0, 0.05) is 11.9 Å². The predicted octanol–water partition coefficient (Wildman–Crippen LogP) is 4.04. The summed E-state index contributed by atoms with van der Waals surface area (Å²) in [7, 11) is 0. The molecule has 1 aromatic heterocycles. The minimum absolute atomic E-state index is 0.00939. The first-order chi connectivity index (χ1) is 8.16. The van der Waals surface area contributed by atoms with Crippen molar-refractivity contribution in [3.63, 3.8) is 0 Å². The summed E-state index contributed by atoms with van der Waals surface area (Å²) in [5.74, 6) is 0.438. The molecular formula is C12H15BrClNOS. The Balaban J connectivity index is 1.83. The average Bonchev–Trinajstić information content (AvgIpc) is 2.74. The van der Waals surface area contributed by atoms with Crippen LogP contribution in [0.4, 0.5) is 0 Å². The van der Waals surface area contributed by atoms with Crippen LogP contribution in [0.2, 0.25) is 0 Å². The van der Waals surface area contributed by atoms with Crippen LogP contribution >= 0.6 is 38.9 Å². The van der Waals surface area contributed by atoms with Gasteiger partial charge in [0.05, 0.1) is 8.66 Å². The molecule has 1 aliphatic carbocycles. The number of hydrogen-bond donors (Lipinski definition) is 1. The lowest BCUT2D eigenvalue weighted by molar-refractivity contribution is 0.0948. The van der Waals surface area contributed by atoms with E-state index in [4.69, 9.17) is 11.6 Å². The number of halogens is 2. The number of thiophene rings is 1. The molecule has 94 valence electrons. The van der Waals surface area contributed by atoms with E-state index in [1.165, 1.54) is 24.2 Å². The third kappa shape index (κ3) is 3.70. The molecular weight excluding hydrogens is 322 g/mol. The fourth-order valence-corrected chi connectivity index (χ4v) is 3.81. The van der Waals surface area contributed by atoms with Crippen LogP contribution in [-0.2, 0) is 0 Å². The molecule has 2 atom stereocenters. The van der Waals surface area contributed by atoms with Crippen LogP contribution in [0.1, 0.15) is 35.4 Å². The molecule has 1 aliphatic rings. The summed E-state index contributed by atoms with van der Waals surface area (Å²) in [5, 5.41) is 3.20. The van der Waals surface area contributed by atoms with E-state index in [2.05, 4.69) is 21.2 Å². The lowest BCUT2D eigenvalue weighted by Crippen LogP contribution is -2.34. The van der Waals surface area contributed by atoms with Crippen LogP contribution in [0.15, 0.2) is 15.9 Å². The minimum atomic E-state index is 0.00939. The molecule has 2 nitrogen and oxygen atoms in total. The first-order valence-corrected chi connectivity index (χ1v) is 7.89. The molecule has 0 spiro atoms. The highest BCUT2D eigenvalue weighted by Crippen LogP contribution is 2.28. The van der Waals surface area contributed by atoms with E-state index in [0.717, 1.165) is 21.5 Å². The van der Waals surface area contributed by atoms with Gasteiger partial charge in [0.1, 0.15) is 0 Å². The van der Waals surface area contributed by atoms with Gasteiger partial charge in [-0.15, -0.1) is 22.9 Å². The van der Waals surface area contributed by atoms with Crippen molar-refractivity contribution in [3.8, 4) is 0 Å². The molecule has 1 N–H and O–H groups in total. The minimum Gasteiger partial charge on any atom is -0.351 e. The molecule has 1 amide bonds. The maximum Gasteiger partial charge on any atom is 0.261 e. The lowest BCUT2D eigenvalue weighted by atomic mass is 9.89. The van der Waals surface area contributed by atoms with Gasteiger partial charge in [-0.3, -0.25) is 4.79 Å². The molecule has 0 bridgehead atoms. The molecule has 5 heteroatoms. The van der Waals surface area contributed by atoms with E-state index < -0.39 is 0 Å². The lowest BCUT2D eigenvalue weighted by Gasteiger charge is -2.26. The number of amides is 1. The molecule has 1 aromatic rings. The zero-order valence-corrected chi connectivity index (χ0v) is 12.6. The van der Waals surface area contributed by atoms with Gasteiger partial charge in [-0.25, -0.2) is 0 Å². The van der Waals surface area contributed by atoms with Crippen LogP contribution in [-0.4, -0.2) is 17.8 Å².